The summed E-state index contributed by atoms with van der Waals surface area (Å²) in [7, 11) is 0. The van der Waals surface area contributed by atoms with Gasteiger partial charge in [0, 0.05) is 5.56 Å². The lowest BCUT2D eigenvalue weighted by molar-refractivity contribution is 0.360. The Hall–Kier alpha value is -5.59. The highest BCUT2D eigenvalue weighted by Crippen LogP contribution is 2.60. The fraction of sp³-hybridized carbons (Fsp3) is 0.0263. The minimum Gasteiger partial charge on any atom is -0.449 e. The third-order valence-electron chi connectivity index (χ3n) is 8.26. The zero-order valence-electron chi connectivity index (χ0n) is 22.0. The first-order chi connectivity index (χ1) is 20.3. The van der Waals surface area contributed by atoms with E-state index in [1.165, 1.54) is 22.3 Å². The number of ether oxygens (including phenoxy) is 2. The minimum absolute atomic E-state index is 0.514. The molecule has 0 bridgehead atoms. The van der Waals surface area contributed by atoms with Gasteiger partial charge in [0.25, 0.3) is 0 Å². The maximum absolute atomic E-state index is 9.25. The average Bonchev–Trinajstić information content (AvgIpc) is 3.33. The summed E-state index contributed by atoms with van der Waals surface area (Å²) in [6, 6.07) is 50.1. The van der Waals surface area contributed by atoms with Crippen molar-refractivity contribution in [3.05, 3.63) is 167 Å². The Morgan fingerprint density at radius 3 is 1.83 bits per heavy atom. The summed E-state index contributed by atoms with van der Waals surface area (Å²) in [4.78, 5) is 0. The summed E-state index contributed by atoms with van der Waals surface area (Å²) in [5.41, 5.74) is 9.13. The van der Waals surface area contributed by atoms with Crippen LogP contribution >= 0.6 is 0 Å². The molecule has 0 fully saturated rings. The van der Waals surface area contributed by atoms with Gasteiger partial charge < -0.3 is 9.47 Å². The van der Waals surface area contributed by atoms with E-state index < -0.39 is 5.41 Å². The van der Waals surface area contributed by atoms with E-state index in [0.717, 1.165) is 22.3 Å². The molecule has 3 nitrogen and oxygen atoms in total. The number of nitriles is 1. The van der Waals surface area contributed by atoms with E-state index in [4.69, 9.17) is 9.47 Å². The summed E-state index contributed by atoms with van der Waals surface area (Å²) in [6.07, 6.45) is 0. The molecule has 0 N–H and O–H groups in total. The van der Waals surface area contributed by atoms with Crippen LogP contribution in [0.2, 0.25) is 0 Å². The SMILES string of the molecule is N#Cc1ccc(-c2cccc3c2Oc2cc4c(cc2O3)-c2ccccc2C4(c2ccccc2)c2ccccc2)cc1. The van der Waals surface area contributed by atoms with Gasteiger partial charge >= 0.3 is 0 Å². The zero-order valence-corrected chi connectivity index (χ0v) is 22.0. The van der Waals surface area contributed by atoms with Crippen molar-refractivity contribution in [1.29, 1.82) is 5.26 Å². The third kappa shape index (κ3) is 3.38. The Bertz CT molecular complexity index is 1950. The normalized spacial score (nSPS) is 13.4. The number of nitrogens with zero attached hydrogens (tertiary/aromatic N) is 1. The van der Waals surface area contributed by atoms with Crippen LogP contribution in [-0.4, -0.2) is 0 Å². The molecule has 6 aromatic carbocycles. The van der Waals surface area contributed by atoms with Gasteiger partial charge in [0.1, 0.15) is 0 Å². The Kier molecular flexibility index (Phi) is 5.10. The fourth-order valence-corrected chi connectivity index (χ4v) is 6.49. The predicted molar refractivity (Wildman–Crippen MR) is 160 cm³/mol. The van der Waals surface area contributed by atoms with E-state index in [0.29, 0.717) is 28.6 Å². The Morgan fingerprint density at radius 1 is 0.488 bits per heavy atom. The molecule has 1 aliphatic carbocycles. The first-order valence-corrected chi connectivity index (χ1v) is 13.7. The van der Waals surface area contributed by atoms with Gasteiger partial charge in [0.2, 0.25) is 0 Å². The first kappa shape index (κ1) is 23.3. The van der Waals surface area contributed by atoms with Gasteiger partial charge in [-0.3, -0.25) is 0 Å². The Morgan fingerprint density at radius 2 is 1.12 bits per heavy atom. The lowest BCUT2D eigenvalue weighted by Crippen LogP contribution is -2.28. The van der Waals surface area contributed by atoms with Crippen LogP contribution in [0.5, 0.6) is 23.0 Å². The van der Waals surface area contributed by atoms with Crippen molar-refractivity contribution in [2.45, 2.75) is 5.41 Å². The molecule has 1 heterocycles. The van der Waals surface area contributed by atoms with Crippen LogP contribution in [0.1, 0.15) is 27.8 Å². The molecular weight excluding hydrogens is 502 g/mol. The van der Waals surface area contributed by atoms with Crippen LogP contribution in [0.3, 0.4) is 0 Å². The molecule has 0 atom stereocenters. The molecule has 0 saturated carbocycles. The van der Waals surface area contributed by atoms with Crippen molar-refractivity contribution in [3.8, 4) is 51.3 Å². The molecule has 0 spiro atoms. The second kappa shape index (κ2) is 8.98. The topological polar surface area (TPSA) is 42.2 Å². The number of para-hydroxylation sites is 1. The summed E-state index contributed by atoms with van der Waals surface area (Å²) in [5, 5.41) is 9.25. The van der Waals surface area contributed by atoms with Gasteiger partial charge in [-0.1, -0.05) is 109 Å². The summed E-state index contributed by atoms with van der Waals surface area (Å²) < 4.78 is 13.2. The lowest BCUT2D eigenvalue weighted by Gasteiger charge is -2.34. The molecule has 0 aromatic heterocycles. The predicted octanol–water partition coefficient (Wildman–Crippen LogP) is 9.49. The highest BCUT2D eigenvalue weighted by atomic mass is 16.6. The molecule has 192 valence electrons. The Balaban J connectivity index is 1.36. The fourth-order valence-electron chi connectivity index (χ4n) is 6.49. The third-order valence-corrected chi connectivity index (χ3v) is 8.26. The van der Waals surface area contributed by atoms with Gasteiger partial charge in [-0.2, -0.15) is 5.26 Å². The van der Waals surface area contributed by atoms with Gasteiger partial charge in [0.15, 0.2) is 23.0 Å². The molecule has 0 amide bonds. The van der Waals surface area contributed by atoms with Gasteiger partial charge in [-0.05, 0) is 69.3 Å². The van der Waals surface area contributed by atoms with Crippen LogP contribution in [0, 0.1) is 11.3 Å². The van der Waals surface area contributed by atoms with Gasteiger partial charge in [0.05, 0.1) is 17.0 Å². The number of hydrogen-bond donors (Lipinski definition) is 0. The molecule has 2 aliphatic rings. The molecule has 8 rings (SSSR count). The minimum atomic E-state index is -0.514. The molecule has 6 aromatic rings. The molecular formula is C38H23NO2. The molecule has 0 radical (unpaired) electrons. The number of rotatable bonds is 3. The molecule has 1 aliphatic heterocycles. The van der Waals surface area contributed by atoms with Crippen molar-refractivity contribution in [2.75, 3.05) is 0 Å². The number of fused-ring (bicyclic) bond motifs is 5. The van der Waals surface area contributed by atoms with E-state index >= 15 is 0 Å². The molecule has 0 unspecified atom stereocenters. The van der Waals surface area contributed by atoms with Crippen LogP contribution < -0.4 is 9.47 Å². The molecule has 3 heteroatoms. The smallest absolute Gasteiger partial charge is 0.177 e. The van der Waals surface area contributed by atoms with Crippen molar-refractivity contribution in [2.24, 2.45) is 0 Å². The number of hydrogen-bond acceptors (Lipinski definition) is 3. The van der Waals surface area contributed by atoms with Gasteiger partial charge in [-0.25, -0.2) is 0 Å². The number of benzene rings is 6. The monoisotopic (exact) mass is 525 g/mol. The maximum atomic E-state index is 9.25. The van der Waals surface area contributed by atoms with E-state index in [2.05, 4.69) is 103 Å². The van der Waals surface area contributed by atoms with Crippen LogP contribution in [0.25, 0.3) is 22.3 Å². The largest absolute Gasteiger partial charge is 0.449 e. The maximum Gasteiger partial charge on any atom is 0.177 e. The van der Waals surface area contributed by atoms with Crippen LogP contribution in [0.4, 0.5) is 0 Å². The van der Waals surface area contributed by atoms with Crippen molar-refractivity contribution in [1.82, 2.24) is 0 Å². The van der Waals surface area contributed by atoms with Crippen LogP contribution in [0.15, 0.2) is 140 Å². The van der Waals surface area contributed by atoms with Gasteiger partial charge in [-0.15, -0.1) is 0 Å². The highest BCUT2D eigenvalue weighted by molar-refractivity contribution is 5.88. The van der Waals surface area contributed by atoms with E-state index in [1.54, 1.807) is 0 Å². The van der Waals surface area contributed by atoms with Crippen LogP contribution in [-0.2, 0) is 5.41 Å². The van der Waals surface area contributed by atoms with E-state index in [9.17, 15) is 5.26 Å². The zero-order chi connectivity index (χ0) is 27.4. The quantitative estimate of drug-likeness (QED) is 0.231. The average molecular weight is 526 g/mol. The molecule has 0 saturated heterocycles. The standard InChI is InChI=1S/C38H23NO2/c39-24-25-18-20-26(21-19-25)29-15-9-17-34-37(29)41-36-23-33-31(22-35(36)40-34)30-14-7-8-16-32(30)38(33,27-10-3-1-4-11-27)28-12-5-2-6-13-28/h1-23H. The Labute approximate surface area is 238 Å². The summed E-state index contributed by atoms with van der Waals surface area (Å²) in [6.45, 7) is 0. The van der Waals surface area contributed by atoms with Crippen molar-refractivity contribution in [3.63, 3.8) is 0 Å². The molecule has 41 heavy (non-hydrogen) atoms. The van der Waals surface area contributed by atoms with Crippen molar-refractivity contribution < 1.29 is 9.47 Å². The van der Waals surface area contributed by atoms with E-state index in [1.807, 2.05) is 42.5 Å². The summed E-state index contributed by atoms with van der Waals surface area (Å²) in [5.74, 6) is 2.72. The van der Waals surface area contributed by atoms with E-state index in [-0.39, 0.29) is 0 Å². The second-order valence-electron chi connectivity index (χ2n) is 10.4. The second-order valence-corrected chi connectivity index (χ2v) is 10.4. The first-order valence-electron chi connectivity index (χ1n) is 13.7. The highest BCUT2D eigenvalue weighted by Gasteiger charge is 2.47. The summed E-state index contributed by atoms with van der Waals surface area (Å²) >= 11 is 0. The lowest BCUT2D eigenvalue weighted by atomic mass is 9.67. The van der Waals surface area contributed by atoms with Crippen molar-refractivity contribution >= 4 is 0 Å².